The highest BCUT2D eigenvalue weighted by molar-refractivity contribution is 6.10. The molecule has 0 unspecified atom stereocenters. The molecular weight excluding hydrogens is 336 g/mol. The van der Waals surface area contributed by atoms with E-state index >= 15 is 0 Å². The van der Waals surface area contributed by atoms with E-state index in [1.54, 1.807) is 6.20 Å². The molecule has 5 aromatic rings. The second-order valence-corrected chi connectivity index (χ2v) is 7.24. The average molecular weight is 356 g/mol. The predicted octanol–water partition coefficient (Wildman–Crippen LogP) is 5.16. The second kappa shape index (κ2) is 5.39. The first-order valence-electron chi connectivity index (χ1n) is 9.04. The topological polar surface area (TPSA) is 56.7 Å². The molecule has 0 amide bonds. The maximum atomic E-state index is 6.26. The van der Waals surface area contributed by atoms with Gasteiger partial charge in [-0.1, -0.05) is 6.07 Å². The van der Waals surface area contributed by atoms with Gasteiger partial charge in [-0.05, 0) is 57.0 Å². The monoisotopic (exact) mass is 356 g/mol. The number of imidazole rings is 1. The highest BCUT2D eigenvalue weighted by Gasteiger charge is 2.20. The van der Waals surface area contributed by atoms with E-state index in [4.69, 9.17) is 9.40 Å². The van der Waals surface area contributed by atoms with Crippen molar-refractivity contribution in [3.05, 3.63) is 53.0 Å². The summed E-state index contributed by atoms with van der Waals surface area (Å²) in [7, 11) is 2.03. The van der Waals surface area contributed by atoms with Crippen LogP contribution >= 0.6 is 0 Å². The molecule has 27 heavy (non-hydrogen) atoms. The number of pyridine rings is 2. The molecular formula is C22H20N4O. The van der Waals surface area contributed by atoms with E-state index in [0.29, 0.717) is 5.71 Å². The zero-order valence-electron chi connectivity index (χ0n) is 16.1. The molecule has 0 radical (unpaired) electrons. The van der Waals surface area contributed by atoms with Gasteiger partial charge in [-0.3, -0.25) is 4.98 Å². The summed E-state index contributed by atoms with van der Waals surface area (Å²) in [6.45, 7) is 8.21. The summed E-state index contributed by atoms with van der Waals surface area (Å²) in [6, 6.07) is 8.34. The Morgan fingerprint density at radius 3 is 2.52 bits per heavy atom. The molecule has 0 aliphatic carbocycles. The van der Waals surface area contributed by atoms with E-state index < -0.39 is 0 Å². The zero-order chi connectivity index (χ0) is 18.9. The third kappa shape index (κ3) is 2.14. The van der Waals surface area contributed by atoms with E-state index in [-0.39, 0.29) is 0 Å². The molecule has 5 nitrogen and oxygen atoms in total. The Morgan fingerprint density at radius 2 is 1.74 bits per heavy atom. The Bertz CT molecular complexity index is 1370. The van der Waals surface area contributed by atoms with Gasteiger partial charge in [-0.2, -0.15) is 0 Å². The van der Waals surface area contributed by atoms with Gasteiger partial charge in [-0.15, -0.1) is 0 Å². The lowest BCUT2D eigenvalue weighted by atomic mass is 10.0. The highest BCUT2D eigenvalue weighted by atomic mass is 16.3. The van der Waals surface area contributed by atoms with Crippen LogP contribution in [-0.2, 0) is 7.05 Å². The number of hydrogen-bond donors (Lipinski definition) is 0. The molecule has 0 saturated heterocycles. The van der Waals surface area contributed by atoms with Crippen LogP contribution in [0.5, 0.6) is 0 Å². The molecule has 4 heterocycles. The third-order valence-corrected chi connectivity index (χ3v) is 5.47. The fourth-order valence-electron chi connectivity index (χ4n) is 3.92. The Labute approximate surface area is 156 Å². The molecule has 0 atom stereocenters. The van der Waals surface area contributed by atoms with Gasteiger partial charge >= 0.3 is 0 Å². The van der Waals surface area contributed by atoms with Crippen LogP contribution in [0, 0.1) is 27.7 Å². The number of aryl methyl sites for hydroxylation is 5. The van der Waals surface area contributed by atoms with Gasteiger partial charge in [0.2, 0.25) is 5.71 Å². The maximum Gasteiger partial charge on any atom is 0.227 e. The van der Waals surface area contributed by atoms with E-state index in [1.807, 2.05) is 27.0 Å². The minimum Gasteiger partial charge on any atom is -0.437 e. The fourth-order valence-corrected chi connectivity index (χ4v) is 3.92. The van der Waals surface area contributed by atoms with Crippen molar-refractivity contribution in [2.45, 2.75) is 27.7 Å². The first-order chi connectivity index (χ1) is 13.0. The number of nitrogens with zero attached hydrogens (tertiary/aromatic N) is 4. The first kappa shape index (κ1) is 16.0. The van der Waals surface area contributed by atoms with Crippen molar-refractivity contribution in [3.63, 3.8) is 0 Å². The number of furan rings is 1. The standard InChI is InChI=1S/C22H20N4O/c1-11-6-7-15(21-25-17-8-9-23-14(4)19(17)26(21)5)20-18(11)16-10-12(2)13(3)24-22(16)27-20/h6-10H,1-5H3. The molecule has 1 aromatic carbocycles. The first-order valence-corrected chi connectivity index (χ1v) is 9.04. The van der Waals surface area contributed by atoms with Crippen molar-refractivity contribution in [1.82, 2.24) is 19.5 Å². The van der Waals surface area contributed by atoms with E-state index in [9.17, 15) is 0 Å². The van der Waals surface area contributed by atoms with Gasteiger partial charge < -0.3 is 8.98 Å². The Hall–Kier alpha value is -3.21. The number of aromatic nitrogens is 4. The lowest BCUT2D eigenvalue weighted by Gasteiger charge is -2.06. The summed E-state index contributed by atoms with van der Waals surface area (Å²) < 4.78 is 8.35. The van der Waals surface area contributed by atoms with Gasteiger partial charge in [0.25, 0.3) is 0 Å². The van der Waals surface area contributed by atoms with Crippen LogP contribution in [0.15, 0.2) is 34.9 Å². The summed E-state index contributed by atoms with van der Waals surface area (Å²) in [5, 5.41) is 2.17. The van der Waals surface area contributed by atoms with Crippen molar-refractivity contribution in [2.75, 3.05) is 0 Å². The minimum atomic E-state index is 0.681. The summed E-state index contributed by atoms with van der Waals surface area (Å²) in [4.78, 5) is 13.9. The predicted molar refractivity (Wildman–Crippen MR) is 108 cm³/mol. The van der Waals surface area contributed by atoms with Crippen molar-refractivity contribution >= 4 is 33.1 Å². The van der Waals surface area contributed by atoms with Gasteiger partial charge in [0.15, 0.2) is 0 Å². The number of fused-ring (bicyclic) bond motifs is 4. The van der Waals surface area contributed by atoms with E-state index in [1.165, 1.54) is 11.1 Å². The minimum absolute atomic E-state index is 0.681. The van der Waals surface area contributed by atoms with Gasteiger partial charge in [0, 0.05) is 29.7 Å². The quantitative estimate of drug-likeness (QED) is 0.416. The Balaban J connectivity index is 1.91. The fraction of sp³-hybridized carbons (Fsp3) is 0.227. The normalized spacial score (nSPS) is 11.9. The average Bonchev–Trinajstić information content (AvgIpc) is 3.15. The number of benzene rings is 1. The molecule has 4 aromatic heterocycles. The number of hydrogen-bond acceptors (Lipinski definition) is 4. The lowest BCUT2D eigenvalue weighted by Crippen LogP contribution is -1.95. The molecule has 0 aliphatic heterocycles. The molecule has 5 rings (SSSR count). The van der Waals surface area contributed by atoms with E-state index in [0.717, 1.165) is 50.2 Å². The van der Waals surface area contributed by atoms with Crippen LogP contribution < -0.4 is 0 Å². The van der Waals surface area contributed by atoms with Gasteiger partial charge in [0.05, 0.1) is 22.3 Å². The second-order valence-electron chi connectivity index (χ2n) is 7.24. The largest absolute Gasteiger partial charge is 0.437 e. The molecule has 0 saturated carbocycles. The van der Waals surface area contributed by atoms with Crippen molar-refractivity contribution in [2.24, 2.45) is 7.05 Å². The van der Waals surface area contributed by atoms with Crippen LogP contribution in [0.4, 0.5) is 0 Å². The molecule has 0 fully saturated rings. The van der Waals surface area contributed by atoms with Gasteiger partial charge in [0.1, 0.15) is 11.4 Å². The summed E-state index contributed by atoms with van der Waals surface area (Å²) >= 11 is 0. The van der Waals surface area contributed by atoms with Crippen molar-refractivity contribution in [3.8, 4) is 11.4 Å². The molecule has 0 spiro atoms. The zero-order valence-corrected chi connectivity index (χ0v) is 16.1. The van der Waals surface area contributed by atoms with Crippen molar-refractivity contribution in [1.29, 1.82) is 0 Å². The maximum absolute atomic E-state index is 6.26. The SMILES string of the molecule is Cc1cc2c(nc1C)oc1c(-c3nc4ccnc(C)c4n3C)ccc(C)c12. The summed E-state index contributed by atoms with van der Waals surface area (Å²) in [6.07, 6.45) is 1.80. The van der Waals surface area contributed by atoms with E-state index in [2.05, 4.69) is 46.6 Å². The number of rotatable bonds is 1. The molecule has 5 heteroatoms. The smallest absolute Gasteiger partial charge is 0.227 e. The lowest BCUT2D eigenvalue weighted by molar-refractivity contribution is 0.652. The van der Waals surface area contributed by atoms with Crippen LogP contribution in [0.25, 0.3) is 44.5 Å². The summed E-state index contributed by atoms with van der Waals surface area (Å²) in [5.74, 6) is 0.874. The Kier molecular flexibility index (Phi) is 3.20. The third-order valence-electron chi connectivity index (χ3n) is 5.47. The van der Waals surface area contributed by atoms with Crippen LogP contribution in [0.3, 0.4) is 0 Å². The molecule has 0 aliphatic rings. The molecule has 134 valence electrons. The van der Waals surface area contributed by atoms with Crippen molar-refractivity contribution < 1.29 is 4.42 Å². The molecule has 0 N–H and O–H groups in total. The van der Waals surface area contributed by atoms with Crippen LogP contribution in [-0.4, -0.2) is 19.5 Å². The highest BCUT2D eigenvalue weighted by Crippen LogP contribution is 2.38. The van der Waals surface area contributed by atoms with Crippen LogP contribution in [0.1, 0.15) is 22.5 Å². The Morgan fingerprint density at radius 1 is 0.926 bits per heavy atom. The summed E-state index contributed by atoms with van der Waals surface area (Å²) in [5.41, 5.74) is 8.78. The molecule has 0 bridgehead atoms. The van der Waals surface area contributed by atoms with Gasteiger partial charge in [-0.25, -0.2) is 9.97 Å². The van der Waals surface area contributed by atoms with Crippen LogP contribution in [0.2, 0.25) is 0 Å².